The molecule has 0 aliphatic carbocycles. The number of nitrogens with zero attached hydrogens (tertiary/aromatic N) is 1. The van der Waals surface area contributed by atoms with Crippen molar-refractivity contribution in [3.8, 4) is 0 Å². The average molecular weight is 959 g/mol. The molecule has 0 saturated carbocycles. The van der Waals surface area contributed by atoms with Crippen molar-refractivity contribution in [3.63, 3.8) is 0 Å². The number of aliphatic carboxylic acids is 1. The van der Waals surface area contributed by atoms with E-state index in [1.807, 2.05) is 21.1 Å². The normalized spacial score (nSPS) is 13.8. The van der Waals surface area contributed by atoms with Gasteiger partial charge in [0.1, 0.15) is 6.61 Å². The molecule has 1 N–H and O–H groups in total. The molecule has 0 heterocycles. The van der Waals surface area contributed by atoms with Crippen molar-refractivity contribution < 1.29 is 38.2 Å². The number of rotatable bonds is 47. The molecule has 2 atom stereocenters. The van der Waals surface area contributed by atoms with Gasteiger partial charge in [-0.1, -0.05) is 193 Å². The number of carboxylic acid groups (broad SMARTS) is 1. The van der Waals surface area contributed by atoms with E-state index in [9.17, 15) is 19.5 Å². The molecule has 0 bridgehead atoms. The van der Waals surface area contributed by atoms with Crippen LogP contribution < -0.4 is 0 Å². The molecule has 8 nitrogen and oxygen atoms in total. The Labute approximate surface area is 422 Å². The highest BCUT2D eigenvalue weighted by Crippen LogP contribution is 2.14. The van der Waals surface area contributed by atoms with Gasteiger partial charge in [-0.25, -0.2) is 4.79 Å². The number of hydrogen-bond acceptors (Lipinski definition) is 6. The second-order valence-corrected chi connectivity index (χ2v) is 18.7. The van der Waals surface area contributed by atoms with Gasteiger partial charge in [-0.05, 0) is 103 Å². The molecule has 0 rings (SSSR count). The highest BCUT2D eigenvalue weighted by atomic mass is 16.6. The van der Waals surface area contributed by atoms with Gasteiger partial charge in [0.2, 0.25) is 0 Å². The standard InChI is InChI=1S/C61H99NO7/c1-6-8-10-12-14-16-18-20-22-24-26-28-30-32-34-36-38-40-42-44-46-48-50-52-60(64)69-57(55-67-54-53-58(61(65)66)62(3,4)5)56-68-59(63)51-49-47-45-43-41-39-37-35-33-31-29-27-25-23-21-19-17-15-13-11-9-7-2/h8-11,14-17,20-23,26-29,33,35,39,41,57-58H,6-7,12-13,18-19,24-25,30-32,34,36-38,40,42-56H2,1-5H3/p+1/b10-8+,11-9+,16-14+,17-15+,22-20+,23-21+,28-26+,29-27+,35-33+,41-39+. The molecule has 0 spiro atoms. The van der Waals surface area contributed by atoms with E-state index in [0.29, 0.717) is 19.3 Å². The SMILES string of the molecule is CC/C=C/C/C=C/C/C=C/C/C=C/C/C=C/C/C=C/CCCCCC(=O)OCC(COCCC(C(=O)O)[N+](C)(C)C)OC(=O)CCCCCCCCCCCC/C=C/C/C=C/C/C=C/C/C=C/CC. The highest BCUT2D eigenvalue weighted by Gasteiger charge is 2.31. The van der Waals surface area contributed by atoms with Crippen LogP contribution in [0.1, 0.15) is 194 Å². The van der Waals surface area contributed by atoms with Crippen molar-refractivity contribution in [2.24, 2.45) is 0 Å². The first-order chi connectivity index (χ1) is 33.6. The Balaban J connectivity index is 4.31. The summed E-state index contributed by atoms with van der Waals surface area (Å²) in [5.41, 5.74) is 0. The molecule has 0 aromatic rings. The van der Waals surface area contributed by atoms with Gasteiger partial charge in [-0.15, -0.1) is 0 Å². The number of carbonyl (C=O) groups excluding carboxylic acids is 2. The number of ether oxygens (including phenoxy) is 3. The number of hydrogen-bond donors (Lipinski definition) is 1. The lowest BCUT2D eigenvalue weighted by molar-refractivity contribution is -0.887. The van der Waals surface area contributed by atoms with Crippen LogP contribution in [0.3, 0.4) is 0 Å². The highest BCUT2D eigenvalue weighted by molar-refractivity contribution is 5.72. The van der Waals surface area contributed by atoms with Crippen LogP contribution in [0.25, 0.3) is 0 Å². The third kappa shape index (κ3) is 48.5. The van der Waals surface area contributed by atoms with E-state index in [4.69, 9.17) is 14.2 Å². The van der Waals surface area contributed by atoms with Gasteiger partial charge < -0.3 is 23.8 Å². The predicted octanol–water partition coefficient (Wildman–Crippen LogP) is 16.1. The largest absolute Gasteiger partial charge is 0.477 e. The third-order valence-corrected chi connectivity index (χ3v) is 11.4. The maximum atomic E-state index is 12.8. The van der Waals surface area contributed by atoms with Crippen LogP contribution in [-0.2, 0) is 28.6 Å². The van der Waals surface area contributed by atoms with Gasteiger partial charge in [0.05, 0.1) is 34.4 Å². The Bertz CT molecular complexity index is 1540. The molecule has 0 aromatic heterocycles. The predicted molar refractivity (Wildman–Crippen MR) is 293 cm³/mol. The zero-order valence-corrected chi connectivity index (χ0v) is 44.5. The molecule has 0 aliphatic heterocycles. The summed E-state index contributed by atoms with van der Waals surface area (Å²) in [5, 5.41) is 9.67. The van der Waals surface area contributed by atoms with Gasteiger partial charge in [0.15, 0.2) is 12.1 Å². The first-order valence-corrected chi connectivity index (χ1v) is 27.1. The van der Waals surface area contributed by atoms with Gasteiger partial charge >= 0.3 is 17.9 Å². The van der Waals surface area contributed by atoms with Crippen molar-refractivity contribution in [2.75, 3.05) is 41.0 Å². The fourth-order valence-corrected chi connectivity index (χ4v) is 7.26. The molecule has 0 aromatic carbocycles. The Morgan fingerprint density at radius 1 is 0.435 bits per heavy atom. The number of unbranched alkanes of at least 4 members (excludes halogenated alkanes) is 13. The average Bonchev–Trinajstić information content (AvgIpc) is 3.31. The van der Waals surface area contributed by atoms with Gasteiger partial charge in [-0.2, -0.15) is 0 Å². The number of allylic oxidation sites excluding steroid dienone is 20. The molecule has 0 fully saturated rings. The minimum atomic E-state index is -0.885. The van der Waals surface area contributed by atoms with Gasteiger partial charge in [-0.3, -0.25) is 9.59 Å². The molecule has 0 aliphatic rings. The fraction of sp³-hybridized carbons (Fsp3) is 0.623. The maximum absolute atomic E-state index is 12.8. The Morgan fingerprint density at radius 3 is 1.14 bits per heavy atom. The van der Waals surface area contributed by atoms with Crippen molar-refractivity contribution in [2.45, 2.75) is 206 Å². The van der Waals surface area contributed by atoms with E-state index >= 15 is 0 Å². The molecule has 0 radical (unpaired) electrons. The molecule has 8 heteroatoms. The minimum absolute atomic E-state index is 0.0406. The van der Waals surface area contributed by atoms with Gasteiger partial charge in [0.25, 0.3) is 0 Å². The molecule has 2 unspecified atom stereocenters. The van der Waals surface area contributed by atoms with Crippen LogP contribution in [0.5, 0.6) is 0 Å². The summed E-state index contributed by atoms with van der Waals surface area (Å²) in [6.45, 7) is 4.46. The smallest absolute Gasteiger partial charge is 0.362 e. The quantitative estimate of drug-likeness (QED) is 0.0281. The lowest BCUT2D eigenvalue weighted by Gasteiger charge is -2.31. The van der Waals surface area contributed by atoms with Crippen LogP contribution >= 0.6 is 0 Å². The Kier molecular flexibility index (Phi) is 47.0. The summed E-state index contributed by atoms with van der Waals surface area (Å²) in [7, 11) is 5.52. The van der Waals surface area contributed by atoms with Gasteiger partial charge in [0, 0.05) is 19.3 Å². The fourth-order valence-electron chi connectivity index (χ4n) is 7.26. The molecule has 69 heavy (non-hydrogen) atoms. The summed E-state index contributed by atoms with van der Waals surface area (Å²) in [4.78, 5) is 37.2. The Morgan fingerprint density at radius 2 is 0.768 bits per heavy atom. The van der Waals surface area contributed by atoms with Crippen molar-refractivity contribution in [1.82, 2.24) is 0 Å². The third-order valence-electron chi connectivity index (χ3n) is 11.4. The first kappa shape index (κ1) is 64.7. The van der Waals surface area contributed by atoms with Crippen molar-refractivity contribution in [1.29, 1.82) is 0 Å². The zero-order valence-electron chi connectivity index (χ0n) is 44.5. The molecular formula is C61H100NO7+. The molecule has 0 saturated heterocycles. The zero-order chi connectivity index (χ0) is 50.6. The summed E-state index contributed by atoms with van der Waals surface area (Å²) in [5.74, 6) is -1.53. The maximum Gasteiger partial charge on any atom is 0.362 e. The number of esters is 2. The molecular weight excluding hydrogens is 859 g/mol. The lowest BCUT2D eigenvalue weighted by atomic mass is 10.0. The lowest BCUT2D eigenvalue weighted by Crippen LogP contribution is -2.50. The Hall–Kier alpha value is -4.27. The van der Waals surface area contributed by atoms with E-state index in [2.05, 4.69) is 135 Å². The number of likely N-dealkylation sites (N-methyl/N-ethyl adjacent to an activating group) is 1. The first-order valence-electron chi connectivity index (χ1n) is 27.1. The van der Waals surface area contributed by atoms with E-state index in [0.717, 1.165) is 116 Å². The van der Waals surface area contributed by atoms with Crippen LogP contribution in [0.4, 0.5) is 0 Å². The van der Waals surface area contributed by atoms with Crippen molar-refractivity contribution >= 4 is 17.9 Å². The second kappa shape index (κ2) is 50.1. The van der Waals surface area contributed by atoms with Crippen LogP contribution in [-0.4, -0.2) is 80.6 Å². The number of quaternary nitrogens is 1. The molecule has 0 amide bonds. The summed E-state index contributed by atoms with van der Waals surface area (Å²) in [6.07, 6.45) is 71.1. The van der Waals surface area contributed by atoms with Crippen molar-refractivity contribution in [3.05, 3.63) is 122 Å². The van der Waals surface area contributed by atoms with E-state index in [-0.39, 0.29) is 36.2 Å². The van der Waals surface area contributed by atoms with Crippen LogP contribution in [0, 0.1) is 0 Å². The van der Waals surface area contributed by atoms with Crippen LogP contribution in [0.15, 0.2) is 122 Å². The van der Waals surface area contributed by atoms with E-state index in [1.165, 1.54) is 44.9 Å². The number of carboxylic acids is 1. The minimum Gasteiger partial charge on any atom is -0.477 e. The van der Waals surface area contributed by atoms with E-state index in [1.54, 1.807) is 0 Å². The monoisotopic (exact) mass is 959 g/mol. The topological polar surface area (TPSA) is 99.1 Å². The second-order valence-electron chi connectivity index (χ2n) is 18.7. The summed E-state index contributed by atoms with van der Waals surface area (Å²) in [6, 6.07) is -0.629. The number of carbonyl (C=O) groups is 3. The summed E-state index contributed by atoms with van der Waals surface area (Å²) >= 11 is 0. The molecule has 390 valence electrons. The van der Waals surface area contributed by atoms with E-state index < -0.39 is 18.1 Å². The van der Waals surface area contributed by atoms with Crippen LogP contribution in [0.2, 0.25) is 0 Å². The summed E-state index contributed by atoms with van der Waals surface area (Å²) < 4.78 is 17.3.